The summed E-state index contributed by atoms with van der Waals surface area (Å²) in [5.74, 6) is -1.06. The summed E-state index contributed by atoms with van der Waals surface area (Å²) >= 11 is 0. The first-order chi connectivity index (χ1) is 9.16. The number of aliphatic carboxylic acids is 1. The van der Waals surface area contributed by atoms with Gasteiger partial charge in [-0.2, -0.15) is 10.2 Å². The maximum atomic E-state index is 11.9. The largest absolute Gasteiger partial charge is 0.479 e. The molecule has 0 aliphatic carbocycles. The highest BCUT2D eigenvalue weighted by atomic mass is 16.5. The van der Waals surface area contributed by atoms with Gasteiger partial charge >= 0.3 is 12.0 Å². The lowest BCUT2D eigenvalue weighted by Gasteiger charge is -2.30. The standard InChI is InChI=1S/C11H14N4O4/c16-10(17)9-7-15(4-5-19-9)11(18)12-6-8-2-1-3-13-14-8/h1-3,9H,4-7H2,(H,12,18)(H,16,17). The van der Waals surface area contributed by atoms with E-state index < -0.39 is 12.1 Å². The van der Waals surface area contributed by atoms with Gasteiger partial charge in [0.05, 0.1) is 25.4 Å². The highest BCUT2D eigenvalue weighted by Crippen LogP contribution is 2.05. The summed E-state index contributed by atoms with van der Waals surface area (Å²) in [6, 6.07) is 3.14. The van der Waals surface area contributed by atoms with Gasteiger partial charge in [-0.3, -0.25) is 0 Å². The summed E-state index contributed by atoms with van der Waals surface area (Å²) in [5, 5.41) is 19.0. The fraction of sp³-hybridized carbons (Fsp3) is 0.455. The van der Waals surface area contributed by atoms with E-state index in [-0.39, 0.29) is 25.7 Å². The van der Waals surface area contributed by atoms with Crippen LogP contribution < -0.4 is 5.32 Å². The minimum absolute atomic E-state index is 0.0433. The molecule has 0 spiro atoms. The van der Waals surface area contributed by atoms with Crippen molar-refractivity contribution in [3.63, 3.8) is 0 Å². The molecule has 0 saturated carbocycles. The van der Waals surface area contributed by atoms with Crippen LogP contribution in [-0.2, 0) is 16.1 Å². The summed E-state index contributed by atoms with van der Waals surface area (Å²) < 4.78 is 5.04. The SMILES string of the molecule is O=C(O)C1CN(C(=O)NCc2cccnn2)CCO1. The molecule has 2 N–H and O–H groups in total. The zero-order valence-corrected chi connectivity index (χ0v) is 10.2. The maximum absolute atomic E-state index is 11.9. The van der Waals surface area contributed by atoms with E-state index in [1.807, 2.05) is 0 Å². The van der Waals surface area contributed by atoms with E-state index in [1.165, 1.54) is 4.90 Å². The van der Waals surface area contributed by atoms with Crippen LogP contribution in [0.2, 0.25) is 0 Å². The van der Waals surface area contributed by atoms with Gasteiger partial charge in [0, 0.05) is 12.7 Å². The number of nitrogens with zero attached hydrogens (tertiary/aromatic N) is 3. The van der Waals surface area contributed by atoms with Crippen LogP contribution in [0.25, 0.3) is 0 Å². The fourth-order valence-corrected chi connectivity index (χ4v) is 1.69. The van der Waals surface area contributed by atoms with Crippen LogP contribution in [0.3, 0.4) is 0 Å². The summed E-state index contributed by atoms with van der Waals surface area (Å²) in [6.07, 6.45) is 0.584. The molecule has 1 atom stereocenters. The van der Waals surface area contributed by atoms with Crippen molar-refractivity contribution in [1.29, 1.82) is 0 Å². The number of urea groups is 1. The number of ether oxygens (including phenoxy) is 1. The van der Waals surface area contributed by atoms with Crippen molar-refractivity contribution in [3.8, 4) is 0 Å². The van der Waals surface area contributed by atoms with Crippen molar-refractivity contribution in [3.05, 3.63) is 24.0 Å². The molecule has 8 heteroatoms. The van der Waals surface area contributed by atoms with Gasteiger partial charge in [0.1, 0.15) is 0 Å². The van der Waals surface area contributed by atoms with Crippen molar-refractivity contribution < 1.29 is 19.4 Å². The number of hydrogen-bond acceptors (Lipinski definition) is 5. The lowest BCUT2D eigenvalue weighted by molar-refractivity contribution is -0.154. The van der Waals surface area contributed by atoms with E-state index in [9.17, 15) is 9.59 Å². The molecule has 0 bridgehead atoms. The average Bonchev–Trinajstić information content (AvgIpc) is 2.46. The molecule has 0 radical (unpaired) electrons. The third kappa shape index (κ3) is 3.62. The van der Waals surface area contributed by atoms with E-state index in [2.05, 4.69) is 15.5 Å². The number of morpholine rings is 1. The van der Waals surface area contributed by atoms with Gasteiger partial charge in [-0.1, -0.05) is 0 Å². The van der Waals surface area contributed by atoms with Gasteiger partial charge in [-0.15, -0.1) is 0 Å². The molecule has 1 aromatic rings. The fourth-order valence-electron chi connectivity index (χ4n) is 1.69. The second-order valence-electron chi connectivity index (χ2n) is 4.02. The number of nitrogens with one attached hydrogen (secondary N) is 1. The molecule has 1 aliphatic rings. The van der Waals surface area contributed by atoms with Gasteiger partial charge in [0.15, 0.2) is 6.10 Å². The van der Waals surface area contributed by atoms with Crippen LogP contribution in [0, 0.1) is 0 Å². The number of rotatable bonds is 3. The molecule has 1 aromatic heterocycles. The maximum Gasteiger partial charge on any atom is 0.334 e. The quantitative estimate of drug-likeness (QED) is 0.762. The molecule has 2 heterocycles. The molecule has 0 aromatic carbocycles. The third-order valence-corrected chi connectivity index (χ3v) is 2.68. The number of carbonyl (C=O) groups is 2. The van der Waals surface area contributed by atoms with E-state index in [0.717, 1.165) is 0 Å². The first-order valence-corrected chi connectivity index (χ1v) is 5.80. The van der Waals surface area contributed by atoms with Crippen LogP contribution in [0.5, 0.6) is 0 Å². The molecule has 1 unspecified atom stereocenters. The Labute approximate surface area is 109 Å². The summed E-state index contributed by atoms with van der Waals surface area (Å²) in [5.41, 5.74) is 0.638. The molecule has 19 heavy (non-hydrogen) atoms. The van der Waals surface area contributed by atoms with Crippen LogP contribution in [0.15, 0.2) is 18.3 Å². The predicted molar refractivity (Wildman–Crippen MR) is 63.2 cm³/mol. The lowest BCUT2D eigenvalue weighted by Crippen LogP contribution is -2.51. The third-order valence-electron chi connectivity index (χ3n) is 2.68. The molecule has 1 fully saturated rings. The summed E-state index contributed by atoms with van der Waals surface area (Å²) in [7, 11) is 0. The normalized spacial score (nSPS) is 18.9. The molecule has 8 nitrogen and oxygen atoms in total. The van der Waals surface area contributed by atoms with Gasteiger partial charge in [0.25, 0.3) is 0 Å². The second-order valence-corrected chi connectivity index (χ2v) is 4.02. The van der Waals surface area contributed by atoms with Crippen molar-refractivity contribution in [2.24, 2.45) is 0 Å². The van der Waals surface area contributed by atoms with E-state index in [1.54, 1.807) is 18.3 Å². The molecule has 1 saturated heterocycles. The highest BCUT2D eigenvalue weighted by molar-refractivity contribution is 5.77. The number of amides is 2. The number of carboxylic acids is 1. The Bertz CT molecular complexity index is 453. The molecular formula is C11H14N4O4. The summed E-state index contributed by atoms with van der Waals surface area (Å²) in [6.45, 7) is 0.884. The Morgan fingerprint density at radius 3 is 3.11 bits per heavy atom. The van der Waals surface area contributed by atoms with Crippen LogP contribution >= 0.6 is 0 Å². The topological polar surface area (TPSA) is 105 Å². The molecule has 1 aliphatic heterocycles. The number of carboxylic acid groups (broad SMARTS) is 1. The van der Waals surface area contributed by atoms with Gasteiger partial charge in [0.2, 0.25) is 0 Å². The second kappa shape index (κ2) is 6.10. The van der Waals surface area contributed by atoms with Crippen LogP contribution in [0.4, 0.5) is 4.79 Å². The average molecular weight is 266 g/mol. The minimum Gasteiger partial charge on any atom is -0.479 e. The van der Waals surface area contributed by atoms with Crippen molar-refractivity contribution >= 4 is 12.0 Å². The zero-order chi connectivity index (χ0) is 13.7. The molecule has 2 amide bonds. The van der Waals surface area contributed by atoms with Crippen molar-refractivity contribution in [2.45, 2.75) is 12.6 Å². The monoisotopic (exact) mass is 266 g/mol. The van der Waals surface area contributed by atoms with E-state index in [4.69, 9.17) is 9.84 Å². The van der Waals surface area contributed by atoms with Gasteiger partial charge in [-0.25, -0.2) is 9.59 Å². The first kappa shape index (κ1) is 13.2. The Hall–Kier alpha value is -2.22. The van der Waals surface area contributed by atoms with Crippen molar-refractivity contribution in [2.75, 3.05) is 19.7 Å². The number of carbonyl (C=O) groups excluding carboxylic acids is 1. The smallest absolute Gasteiger partial charge is 0.334 e. The predicted octanol–water partition coefficient (Wildman–Crippen LogP) is -0.528. The Balaban J connectivity index is 1.84. The minimum atomic E-state index is -1.06. The number of hydrogen-bond donors (Lipinski definition) is 2. The van der Waals surface area contributed by atoms with Crippen LogP contribution in [-0.4, -0.2) is 58.0 Å². The number of aromatic nitrogens is 2. The molecule has 102 valence electrons. The van der Waals surface area contributed by atoms with Gasteiger partial charge < -0.3 is 20.1 Å². The highest BCUT2D eigenvalue weighted by Gasteiger charge is 2.28. The van der Waals surface area contributed by atoms with Crippen LogP contribution in [0.1, 0.15) is 5.69 Å². The Morgan fingerprint density at radius 2 is 2.42 bits per heavy atom. The lowest BCUT2D eigenvalue weighted by atomic mass is 10.3. The Kier molecular flexibility index (Phi) is 4.24. The van der Waals surface area contributed by atoms with Crippen molar-refractivity contribution in [1.82, 2.24) is 20.4 Å². The van der Waals surface area contributed by atoms with E-state index in [0.29, 0.717) is 12.2 Å². The molecular weight excluding hydrogens is 252 g/mol. The van der Waals surface area contributed by atoms with E-state index >= 15 is 0 Å². The Morgan fingerprint density at radius 1 is 1.58 bits per heavy atom. The van der Waals surface area contributed by atoms with Gasteiger partial charge in [-0.05, 0) is 12.1 Å². The summed E-state index contributed by atoms with van der Waals surface area (Å²) in [4.78, 5) is 24.1. The first-order valence-electron chi connectivity index (χ1n) is 5.80. The zero-order valence-electron chi connectivity index (χ0n) is 10.2. The molecule has 2 rings (SSSR count).